The van der Waals surface area contributed by atoms with E-state index in [1.165, 1.54) is 10.5 Å². The molecule has 1 aromatic heterocycles. The maximum atomic E-state index is 12.4. The van der Waals surface area contributed by atoms with Gasteiger partial charge in [0.15, 0.2) is 0 Å². The smallest absolute Gasteiger partial charge is 0.326 e. The van der Waals surface area contributed by atoms with Crippen molar-refractivity contribution < 1.29 is 4.79 Å². The molecule has 0 atom stereocenters. The monoisotopic (exact) mass is 349 g/mol. The lowest BCUT2D eigenvalue weighted by atomic mass is 10.0. The van der Waals surface area contributed by atoms with Crippen molar-refractivity contribution in [2.45, 2.75) is 33.6 Å². The molecule has 2 amide bonds. The molecule has 0 fully saturated rings. The molecule has 0 aliphatic rings. The zero-order valence-corrected chi connectivity index (χ0v) is 15.3. The number of carbonyl (C=O) groups excluding carboxylic acids is 1. The molecule has 3 rings (SSSR count). The van der Waals surface area contributed by atoms with Gasteiger partial charge in [0, 0.05) is 0 Å². The fourth-order valence-corrected chi connectivity index (χ4v) is 2.98. The Morgan fingerprint density at radius 2 is 1.85 bits per heavy atom. The molecule has 0 radical (unpaired) electrons. The number of nitrogens with two attached hydrogens (primary N) is 1. The number of aromatic nitrogens is 3. The zero-order chi connectivity index (χ0) is 18.7. The van der Waals surface area contributed by atoms with Gasteiger partial charge in [0.05, 0.1) is 11.4 Å². The summed E-state index contributed by atoms with van der Waals surface area (Å²) in [6.07, 6.45) is 1.72. The summed E-state index contributed by atoms with van der Waals surface area (Å²) in [5, 5.41) is 4.46. The number of rotatable bonds is 5. The van der Waals surface area contributed by atoms with Gasteiger partial charge in [-0.1, -0.05) is 44.2 Å². The normalized spacial score (nSPS) is 10.7. The Hall–Kier alpha value is -3.15. The van der Waals surface area contributed by atoms with Crippen molar-refractivity contribution in [1.29, 1.82) is 0 Å². The topological polar surface area (TPSA) is 77.0 Å². The van der Waals surface area contributed by atoms with E-state index >= 15 is 0 Å². The van der Waals surface area contributed by atoms with Crippen LogP contribution in [-0.4, -0.2) is 20.8 Å². The van der Waals surface area contributed by atoms with E-state index in [0.717, 1.165) is 29.8 Å². The Bertz CT molecular complexity index is 917. The maximum absolute atomic E-state index is 12.4. The van der Waals surface area contributed by atoms with E-state index < -0.39 is 6.03 Å². The van der Waals surface area contributed by atoms with Crippen molar-refractivity contribution in [2.24, 2.45) is 5.73 Å². The van der Waals surface area contributed by atoms with E-state index in [-0.39, 0.29) is 0 Å². The number of nitrogens with zero attached hydrogens (tertiary/aromatic N) is 4. The van der Waals surface area contributed by atoms with Crippen LogP contribution in [0.4, 0.5) is 16.4 Å². The molecule has 0 saturated heterocycles. The van der Waals surface area contributed by atoms with E-state index in [1.807, 2.05) is 42.5 Å². The fraction of sp³-hybridized carbons (Fsp3) is 0.250. The van der Waals surface area contributed by atoms with E-state index in [1.54, 1.807) is 11.6 Å². The van der Waals surface area contributed by atoms with Gasteiger partial charge in [-0.2, -0.15) is 9.67 Å². The Labute approximate surface area is 153 Å². The molecule has 0 aliphatic heterocycles. The average molecular weight is 349 g/mol. The average Bonchev–Trinajstić information content (AvgIpc) is 3.03. The third kappa shape index (κ3) is 3.31. The van der Waals surface area contributed by atoms with Crippen LogP contribution in [0.1, 0.15) is 30.8 Å². The van der Waals surface area contributed by atoms with Gasteiger partial charge in [-0.3, -0.25) is 0 Å². The lowest BCUT2D eigenvalue weighted by Gasteiger charge is -2.23. The Balaban J connectivity index is 2.18. The second-order valence-corrected chi connectivity index (χ2v) is 6.05. The van der Waals surface area contributed by atoms with Gasteiger partial charge in [-0.05, 0) is 49.1 Å². The van der Waals surface area contributed by atoms with Gasteiger partial charge in [-0.15, -0.1) is 5.10 Å². The number of anilines is 2. The molecular formula is C20H23N5O. The molecule has 1 heterocycles. The zero-order valence-electron chi connectivity index (χ0n) is 15.3. The van der Waals surface area contributed by atoms with Crippen LogP contribution in [0, 0.1) is 6.92 Å². The summed E-state index contributed by atoms with van der Waals surface area (Å²) in [5.41, 5.74) is 9.58. The molecule has 0 spiro atoms. The van der Waals surface area contributed by atoms with Crippen LogP contribution in [0.15, 0.2) is 48.5 Å². The molecule has 6 heteroatoms. The van der Waals surface area contributed by atoms with E-state index in [2.05, 4.69) is 30.0 Å². The van der Waals surface area contributed by atoms with Gasteiger partial charge in [-0.25, -0.2) is 9.69 Å². The Kier molecular flexibility index (Phi) is 5.02. The van der Waals surface area contributed by atoms with Crippen molar-refractivity contribution in [3.63, 3.8) is 0 Å². The van der Waals surface area contributed by atoms with Crippen molar-refractivity contribution in [2.75, 3.05) is 4.90 Å². The first-order valence-corrected chi connectivity index (χ1v) is 8.75. The molecule has 2 aromatic carbocycles. The molecule has 6 nitrogen and oxygen atoms in total. The SMILES string of the molecule is CCc1ccc(N(C(N)=O)c2nc(C)nn2-c2ccccc2)c(CC)c1. The molecule has 0 unspecified atom stereocenters. The molecule has 2 N–H and O–H groups in total. The van der Waals surface area contributed by atoms with E-state index in [9.17, 15) is 4.79 Å². The van der Waals surface area contributed by atoms with Gasteiger partial charge < -0.3 is 5.73 Å². The lowest BCUT2D eigenvalue weighted by molar-refractivity contribution is 0.255. The number of aryl methyl sites for hydroxylation is 3. The lowest BCUT2D eigenvalue weighted by Crippen LogP contribution is -2.34. The molecular weight excluding hydrogens is 326 g/mol. The van der Waals surface area contributed by atoms with Gasteiger partial charge in [0.2, 0.25) is 5.95 Å². The number of amides is 2. The van der Waals surface area contributed by atoms with Crippen LogP contribution in [0.3, 0.4) is 0 Å². The summed E-state index contributed by atoms with van der Waals surface area (Å²) < 4.78 is 1.65. The van der Waals surface area contributed by atoms with E-state index in [0.29, 0.717) is 11.8 Å². The second-order valence-electron chi connectivity index (χ2n) is 6.05. The third-order valence-corrected chi connectivity index (χ3v) is 4.29. The summed E-state index contributed by atoms with van der Waals surface area (Å²) >= 11 is 0. The van der Waals surface area contributed by atoms with Crippen LogP contribution in [0.5, 0.6) is 0 Å². The van der Waals surface area contributed by atoms with Crippen LogP contribution in [0.2, 0.25) is 0 Å². The number of hydrogen-bond donors (Lipinski definition) is 1. The summed E-state index contributed by atoms with van der Waals surface area (Å²) in [6, 6.07) is 15.1. The summed E-state index contributed by atoms with van der Waals surface area (Å²) in [6.45, 7) is 5.96. The highest BCUT2D eigenvalue weighted by atomic mass is 16.2. The number of carbonyl (C=O) groups is 1. The summed E-state index contributed by atoms with van der Waals surface area (Å²) in [7, 11) is 0. The minimum absolute atomic E-state index is 0.389. The standard InChI is InChI=1S/C20H23N5O/c1-4-15-11-12-18(16(5-2)13-15)24(19(21)26)20-22-14(3)23-25(20)17-9-7-6-8-10-17/h6-13H,4-5H2,1-3H3,(H2,21,26). The van der Waals surface area contributed by atoms with Crippen molar-refractivity contribution >= 4 is 17.7 Å². The molecule has 3 aromatic rings. The predicted octanol–water partition coefficient (Wildman–Crippen LogP) is 3.92. The van der Waals surface area contributed by atoms with Crippen LogP contribution in [0.25, 0.3) is 5.69 Å². The highest BCUT2D eigenvalue weighted by Gasteiger charge is 2.25. The second kappa shape index (κ2) is 7.39. The van der Waals surface area contributed by atoms with Crippen LogP contribution >= 0.6 is 0 Å². The van der Waals surface area contributed by atoms with Gasteiger partial charge in [0.1, 0.15) is 5.82 Å². The third-order valence-electron chi connectivity index (χ3n) is 4.29. The van der Waals surface area contributed by atoms with E-state index in [4.69, 9.17) is 5.73 Å². The molecule has 26 heavy (non-hydrogen) atoms. The van der Waals surface area contributed by atoms with Crippen molar-refractivity contribution in [3.8, 4) is 5.69 Å². The molecule has 0 saturated carbocycles. The quantitative estimate of drug-likeness (QED) is 0.758. The predicted molar refractivity (Wildman–Crippen MR) is 103 cm³/mol. The summed E-state index contributed by atoms with van der Waals surface area (Å²) in [5.74, 6) is 0.957. The Morgan fingerprint density at radius 1 is 1.12 bits per heavy atom. The molecule has 0 bridgehead atoms. The van der Waals surface area contributed by atoms with Crippen molar-refractivity contribution in [3.05, 3.63) is 65.5 Å². The minimum atomic E-state index is -0.589. The largest absolute Gasteiger partial charge is 0.351 e. The fourth-order valence-electron chi connectivity index (χ4n) is 2.98. The van der Waals surface area contributed by atoms with Crippen LogP contribution < -0.4 is 10.6 Å². The number of primary amides is 1. The van der Waals surface area contributed by atoms with Gasteiger partial charge >= 0.3 is 6.03 Å². The minimum Gasteiger partial charge on any atom is -0.351 e. The van der Waals surface area contributed by atoms with Crippen molar-refractivity contribution in [1.82, 2.24) is 14.8 Å². The maximum Gasteiger partial charge on any atom is 0.326 e. The first-order valence-electron chi connectivity index (χ1n) is 8.75. The number of para-hydroxylation sites is 1. The number of hydrogen-bond acceptors (Lipinski definition) is 3. The summed E-state index contributed by atoms with van der Waals surface area (Å²) in [4.78, 5) is 18.3. The van der Waals surface area contributed by atoms with Crippen LogP contribution in [-0.2, 0) is 12.8 Å². The number of benzene rings is 2. The first-order chi connectivity index (χ1) is 12.5. The highest BCUT2D eigenvalue weighted by Crippen LogP contribution is 2.30. The highest BCUT2D eigenvalue weighted by molar-refractivity contribution is 5.97. The molecule has 0 aliphatic carbocycles. The Morgan fingerprint density at radius 3 is 2.46 bits per heavy atom. The molecule has 134 valence electrons. The first kappa shape index (κ1) is 17.7. The number of urea groups is 1. The van der Waals surface area contributed by atoms with Gasteiger partial charge in [0.25, 0.3) is 0 Å².